The lowest BCUT2D eigenvalue weighted by Crippen LogP contribution is -2.06. The standard InChI is InChI=1S/C24H27N3O2S/c1-3-19-13-18(9-11-25-19)23-26-21(15-30-23)22-14-20(24(28)29)16(2)27(22)12-10-17-7-5-4-6-8-17/h7,9,11,13-15H,3-6,8,10,12H2,1-2H3,(H,28,29). The summed E-state index contributed by atoms with van der Waals surface area (Å²) in [6.07, 6.45) is 10.9. The summed E-state index contributed by atoms with van der Waals surface area (Å²) in [6.45, 7) is 4.76. The number of allylic oxidation sites excluding steroid dienone is 2. The minimum Gasteiger partial charge on any atom is -0.478 e. The van der Waals surface area contributed by atoms with Crippen LogP contribution < -0.4 is 0 Å². The van der Waals surface area contributed by atoms with Gasteiger partial charge in [0.05, 0.1) is 17.0 Å². The number of thiazole rings is 1. The summed E-state index contributed by atoms with van der Waals surface area (Å²) in [4.78, 5) is 21.0. The molecule has 5 nitrogen and oxygen atoms in total. The second kappa shape index (κ2) is 8.96. The third-order valence-corrected chi connectivity index (χ3v) is 6.72. The predicted molar refractivity (Wildman–Crippen MR) is 121 cm³/mol. The Morgan fingerprint density at radius 2 is 2.17 bits per heavy atom. The molecule has 3 heterocycles. The predicted octanol–water partition coefficient (Wildman–Crippen LogP) is 6.13. The molecule has 0 aromatic carbocycles. The highest BCUT2D eigenvalue weighted by Gasteiger charge is 2.20. The molecule has 1 N–H and O–H groups in total. The summed E-state index contributed by atoms with van der Waals surface area (Å²) in [5.74, 6) is -0.887. The third-order valence-electron chi connectivity index (χ3n) is 5.83. The molecule has 0 saturated carbocycles. The van der Waals surface area contributed by atoms with Gasteiger partial charge in [0.1, 0.15) is 5.01 Å². The van der Waals surface area contributed by atoms with Gasteiger partial charge in [-0.1, -0.05) is 18.6 Å². The van der Waals surface area contributed by atoms with Crippen molar-refractivity contribution in [2.45, 2.75) is 58.9 Å². The van der Waals surface area contributed by atoms with Crippen LogP contribution in [0.3, 0.4) is 0 Å². The third kappa shape index (κ3) is 4.24. The minimum absolute atomic E-state index is 0.356. The zero-order valence-corrected chi connectivity index (χ0v) is 18.3. The topological polar surface area (TPSA) is 68.0 Å². The molecule has 1 aliphatic rings. The maximum Gasteiger partial charge on any atom is 0.337 e. The first kappa shape index (κ1) is 20.5. The number of carboxylic acids is 1. The average Bonchev–Trinajstić information content (AvgIpc) is 3.38. The average molecular weight is 422 g/mol. The fourth-order valence-electron chi connectivity index (χ4n) is 4.08. The minimum atomic E-state index is -0.887. The fraction of sp³-hybridized carbons (Fsp3) is 0.375. The number of nitrogens with zero attached hydrogens (tertiary/aromatic N) is 3. The molecule has 156 valence electrons. The second-order valence-electron chi connectivity index (χ2n) is 7.77. The van der Waals surface area contributed by atoms with Crippen molar-refractivity contribution in [1.82, 2.24) is 14.5 Å². The molecule has 30 heavy (non-hydrogen) atoms. The zero-order valence-electron chi connectivity index (χ0n) is 17.5. The molecule has 0 amide bonds. The Balaban J connectivity index is 1.67. The number of carboxylic acid groups (broad SMARTS) is 1. The van der Waals surface area contributed by atoms with Gasteiger partial charge in [0.2, 0.25) is 0 Å². The van der Waals surface area contributed by atoms with E-state index in [-0.39, 0.29) is 0 Å². The molecule has 0 spiro atoms. The summed E-state index contributed by atoms with van der Waals surface area (Å²) in [5.41, 5.74) is 6.44. The van der Waals surface area contributed by atoms with Gasteiger partial charge >= 0.3 is 5.97 Å². The lowest BCUT2D eigenvalue weighted by atomic mass is 9.97. The van der Waals surface area contributed by atoms with Crippen LogP contribution in [0.1, 0.15) is 60.8 Å². The SMILES string of the molecule is CCc1cc(-c2nc(-c3cc(C(=O)O)c(C)n3CCC3=CCCCC3)cs2)ccn1. The lowest BCUT2D eigenvalue weighted by molar-refractivity contribution is 0.0696. The molecule has 3 aromatic heterocycles. The van der Waals surface area contributed by atoms with Crippen LogP contribution in [0, 0.1) is 6.92 Å². The molecule has 0 fully saturated rings. The highest BCUT2D eigenvalue weighted by Crippen LogP contribution is 2.32. The van der Waals surface area contributed by atoms with Crippen molar-refractivity contribution >= 4 is 17.3 Å². The number of carbonyl (C=O) groups is 1. The first-order valence-corrected chi connectivity index (χ1v) is 11.5. The van der Waals surface area contributed by atoms with E-state index in [4.69, 9.17) is 4.98 Å². The Morgan fingerprint density at radius 3 is 2.90 bits per heavy atom. The van der Waals surface area contributed by atoms with Gasteiger partial charge in [-0.05, 0) is 63.6 Å². The Bertz CT molecular complexity index is 1090. The van der Waals surface area contributed by atoms with E-state index in [1.54, 1.807) is 17.4 Å². The first-order valence-electron chi connectivity index (χ1n) is 10.6. The van der Waals surface area contributed by atoms with Crippen molar-refractivity contribution < 1.29 is 9.90 Å². The molecule has 0 saturated heterocycles. The number of rotatable bonds is 7. The van der Waals surface area contributed by atoms with Gasteiger partial charge in [-0.25, -0.2) is 9.78 Å². The second-order valence-corrected chi connectivity index (χ2v) is 8.63. The van der Waals surface area contributed by atoms with Crippen molar-refractivity contribution in [3.8, 4) is 22.0 Å². The fourth-order valence-corrected chi connectivity index (χ4v) is 4.89. The van der Waals surface area contributed by atoms with E-state index < -0.39 is 5.97 Å². The number of aryl methyl sites for hydroxylation is 1. The smallest absolute Gasteiger partial charge is 0.337 e. The number of hydrogen-bond acceptors (Lipinski definition) is 4. The molecule has 6 heteroatoms. The summed E-state index contributed by atoms with van der Waals surface area (Å²) < 4.78 is 2.13. The Hall–Kier alpha value is -2.73. The maximum absolute atomic E-state index is 11.8. The number of pyridine rings is 1. The molecule has 0 bridgehead atoms. The van der Waals surface area contributed by atoms with E-state index in [1.807, 2.05) is 24.6 Å². The molecule has 0 unspecified atom stereocenters. The molecular weight excluding hydrogens is 394 g/mol. The summed E-state index contributed by atoms with van der Waals surface area (Å²) in [6, 6.07) is 5.82. The summed E-state index contributed by atoms with van der Waals surface area (Å²) in [7, 11) is 0. The summed E-state index contributed by atoms with van der Waals surface area (Å²) in [5, 5.41) is 12.6. The monoisotopic (exact) mass is 421 g/mol. The van der Waals surface area contributed by atoms with Gasteiger partial charge in [0, 0.05) is 35.1 Å². The van der Waals surface area contributed by atoms with E-state index in [1.165, 1.54) is 18.4 Å². The number of aromatic carboxylic acids is 1. The maximum atomic E-state index is 11.8. The Labute approximate surface area is 181 Å². The normalized spacial score (nSPS) is 14.0. The van der Waals surface area contributed by atoms with Crippen LogP contribution in [0.15, 0.2) is 41.4 Å². The van der Waals surface area contributed by atoms with Crippen molar-refractivity contribution in [3.63, 3.8) is 0 Å². The van der Waals surface area contributed by atoms with Crippen molar-refractivity contribution in [1.29, 1.82) is 0 Å². The molecule has 3 aromatic rings. The van der Waals surface area contributed by atoms with Gasteiger partial charge in [-0.3, -0.25) is 4.98 Å². The van der Waals surface area contributed by atoms with Crippen LogP contribution in [0.4, 0.5) is 0 Å². The number of hydrogen-bond donors (Lipinski definition) is 1. The molecule has 0 radical (unpaired) electrons. The first-order chi connectivity index (χ1) is 14.6. The van der Waals surface area contributed by atoms with Gasteiger partial charge in [0.15, 0.2) is 0 Å². The quantitative estimate of drug-likeness (QED) is 0.466. The van der Waals surface area contributed by atoms with Crippen LogP contribution in [0.2, 0.25) is 0 Å². The molecular formula is C24H27N3O2S. The van der Waals surface area contributed by atoms with Gasteiger partial charge in [-0.2, -0.15) is 0 Å². The molecule has 4 rings (SSSR count). The number of aromatic nitrogens is 3. The van der Waals surface area contributed by atoms with Crippen molar-refractivity contribution in [3.05, 3.63) is 58.4 Å². The highest BCUT2D eigenvalue weighted by molar-refractivity contribution is 7.13. The van der Waals surface area contributed by atoms with Gasteiger partial charge < -0.3 is 9.67 Å². The van der Waals surface area contributed by atoms with E-state index in [0.717, 1.165) is 65.6 Å². The Kier molecular flexibility index (Phi) is 6.13. The zero-order chi connectivity index (χ0) is 21.1. The van der Waals surface area contributed by atoms with E-state index in [9.17, 15) is 9.90 Å². The van der Waals surface area contributed by atoms with Crippen LogP contribution >= 0.6 is 11.3 Å². The highest BCUT2D eigenvalue weighted by atomic mass is 32.1. The largest absolute Gasteiger partial charge is 0.478 e. The van der Waals surface area contributed by atoms with Crippen molar-refractivity contribution in [2.24, 2.45) is 0 Å². The lowest BCUT2D eigenvalue weighted by Gasteiger charge is -2.15. The molecule has 0 aliphatic heterocycles. The van der Waals surface area contributed by atoms with Gasteiger partial charge in [0.25, 0.3) is 0 Å². The molecule has 1 aliphatic carbocycles. The van der Waals surface area contributed by atoms with E-state index in [0.29, 0.717) is 5.56 Å². The van der Waals surface area contributed by atoms with Gasteiger partial charge in [-0.15, -0.1) is 11.3 Å². The summed E-state index contributed by atoms with van der Waals surface area (Å²) >= 11 is 1.58. The Morgan fingerprint density at radius 1 is 1.30 bits per heavy atom. The molecule has 0 atom stereocenters. The van der Waals surface area contributed by atoms with Crippen LogP contribution in [-0.2, 0) is 13.0 Å². The van der Waals surface area contributed by atoms with Crippen LogP contribution in [-0.4, -0.2) is 25.6 Å². The van der Waals surface area contributed by atoms with Crippen molar-refractivity contribution in [2.75, 3.05) is 0 Å². The van der Waals surface area contributed by atoms with E-state index in [2.05, 4.69) is 28.6 Å². The van der Waals surface area contributed by atoms with Crippen LogP contribution in [0.25, 0.3) is 22.0 Å². The van der Waals surface area contributed by atoms with E-state index >= 15 is 0 Å². The van der Waals surface area contributed by atoms with Crippen LogP contribution in [0.5, 0.6) is 0 Å².